The van der Waals surface area contributed by atoms with Crippen LogP contribution < -0.4 is 5.32 Å². The van der Waals surface area contributed by atoms with Gasteiger partial charge in [-0.15, -0.1) is 0 Å². The molecule has 0 aliphatic carbocycles. The Hall–Kier alpha value is -2.19. The van der Waals surface area contributed by atoms with Crippen molar-refractivity contribution in [2.75, 3.05) is 5.32 Å². The molecular weight excluding hydrogens is 316 g/mol. The van der Waals surface area contributed by atoms with Crippen molar-refractivity contribution in [2.45, 2.75) is 16.8 Å². The number of anilines is 1. The molecule has 0 aliphatic heterocycles. The molecule has 1 amide bonds. The first-order valence-electron chi connectivity index (χ1n) is 5.68. The van der Waals surface area contributed by atoms with Crippen molar-refractivity contribution in [1.82, 2.24) is 9.97 Å². The molecule has 0 bridgehead atoms. The number of hydrogen-bond acceptors (Lipinski definition) is 6. The lowest BCUT2D eigenvalue weighted by molar-refractivity contribution is -0.388. The highest BCUT2D eigenvalue weighted by atomic mass is 35.5. The minimum absolute atomic E-state index is 0.0574. The number of amides is 1. The summed E-state index contributed by atoms with van der Waals surface area (Å²) in [6.07, 6.45) is 1.07. The maximum atomic E-state index is 10.9. The average molecular weight is 325 g/mol. The molecule has 21 heavy (non-hydrogen) atoms. The summed E-state index contributed by atoms with van der Waals surface area (Å²) in [6.45, 7) is 1.41. The van der Waals surface area contributed by atoms with Gasteiger partial charge in [0.1, 0.15) is 6.20 Å². The van der Waals surface area contributed by atoms with Crippen LogP contribution in [0.2, 0.25) is 5.28 Å². The number of carbonyl (C=O) groups is 1. The Morgan fingerprint density at radius 1 is 1.38 bits per heavy atom. The number of hydrogen-bond donors (Lipinski definition) is 1. The van der Waals surface area contributed by atoms with Gasteiger partial charge in [0.2, 0.25) is 11.2 Å². The number of nitrogens with zero attached hydrogens (tertiary/aromatic N) is 3. The van der Waals surface area contributed by atoms with Crippen molar-refractivity contribution in [1.29, 1.82) is 0 Å². The molecule has 0 unspecified atom stereocenters. The number of benzene rings is 1. The Balaban J connectivity index is 2.23. The summed E-state index contributed by atoms with van der Waals surface area (Å²) in [5, 5.41) is 13.7. The highest BCUT2D eigenvalue weighted by Crippen LogP contribution is 2.33. The minimum atomic E-state index is -0.565. The topological polar surface area (TPSA) is 98.0 Å². The first-order valence-corrected chi connectivity index (χ1v) is 6.87. The molecule has 1 heterocycles. The third-order valence-corrected chi connectivity index (χ3v) is 3.48. The molecule has 0 spiro atoms. The van der Waals surface area contributed by atoms with Gasteiger partial charge in [-0.3, -0.25) is 14.9 Å². The molecule has 2 aromatic rings. The Labute approximate surface area is 128 Å². The van der Waals surface area contributed by atoms with Crippen LogP contribution in [0.15, 0.2) is 40.4 Å². The Kier molecular flexibility index (Phi) is 4.71. The first kappa shape index (κ1) is 15.2. The smallest absolute Gasteiger partial charge is 0.319 e. The van der Waals surface area contributed by atoms with E-state index in [1.165, 1.54) is 6.92 Å². The summed E-state index contributed by atoms with van der Waals surface area (Å²) in [7, 11) is 0. The SMILES string of the molecule is CC(=O)Nc1ccc(Sc2nc(Cl)ncc2[N+](=O)[O-])cc1. The molecule has 0 radical (unpaired) electrons. The van der Waals surface area contributed by atoms with E-state index in [9.17, 15) is 14.9 Å². The number of halogens is 1. The lowest BCUT2D eigenvalue weighted by atomic mass is 10.3. The Bertz CT molecular complexity index is 693. The van der Waals surface area contributed by atoms with E-state index in [2.05, 4.69) is 15.3 Å². The fourth-order valence-electron chi connectivity index (χ4n) is 1.46. The van der Waals surface area contributed by atoms with E-state index < -0.39 is 4.92 Å². The minimum Gasteiger partial charge on any atom is -0.326 e. The van der Waals surface area contributed by atoms with E-state index >= 15 is 0 Å². The molecule has 1 aromatic carbocycles. The van der Waals surface area contributed by atoms with Gasteiger partial charge in [-0.1, -0.05) is 11.8 Å². The van der Waals surface area contributed by atoms with Crippen LogP contribution in [0.1, 0.15) is 6.92 Å². The van der Waals surface area contributed by atoms with Crippen LogP contribution >= 0.6 is 23.4 Å². The van der Waals surface area contributed by atoms with Crippen LogP contribution in [0, 0.1) is 10.1 Å². The molecular formula is C12H9ClN4O3S. The summed E-state index contributed by atoms with van der Waals surface area (Å²) in [4.78, 5) is 29.5. The molecule has 9 heteroatoms. The number of nitro groups is 1. The highest BCUT2D eigenvalue weighted by molar-refractivity contribution is 7.99. The molecule has 0 saturated heterocycles. The highest BCUT2D eigenvalue weighted by Gasteiger charge is 2.18. The van der Waals surface area contributed by atoms with Crippen molar-refractivity contribution < 1.29 is 9.72 Å². The second kappa shape index (κ2) is 6.51. The molecule has 0 saturated carbocycles. The standard InChI is InChI=1S/C12H9ClN4O3S/c1-7(18)15-8-2-4-9(5-3-8)21-11-10(17(19)20)6-14-12(13)16-11/h2-6H,1H3,(H,15,18). The van der Waals surface area contributed by atoms with Gasteiger partial charge in [-0.05, 0) is 35.9 Å². The van der Waals surface area contributed by atoms with Crippen LogP contribution in [-0.2, 0) is 4.79 Å². The summed E-state index contributed by atoms with van der Waals surface area (Å²) >= 11 is 6.76. The van der Waals surface area contributed by atoms with Crippen LogP contribution in [0.3, 0.4) is 0 Å². The van der Waals surface area contributed by atoms with Crippen LogP contribution in [0.4, 0.5) is 11.4 Å². The molecule has 0 aliphatic rings. The van der Waals surface area contributed by atoms with Gasteiger partial charge in [0.05, 0.1) is 4.92 Å². The Morgan fingerprint density at radius 2 is 2.05 bits per heavy atom. The third kappa shape index (κ3) is 4.14. The van der Waals surface area contributed by atoms with E-state index in [4.69, 9.17) is 11.6 Å². The first-order chi connectivity index (χ1) is 9.95. The van der Waals surface area contributed by atoms with E-state index in [1.54, 1.807) is 24.3 Å². The van der Waals surface area contributed by atoms with Gasteiger partial charge in [-0.2, -0.15) is 0 Å². The second-order valence-corrected chi connectivity index (χ2v) is 5.29. The zero-order chi connectivity index (χ0) is 15.4. The number of carbonyl (C=O) groups excluding carboxylic acids is 1. The maximum Gasteiger partial charge on any atom is 0.319 e. The molecule has 0 atom stereocenters. The van der Waals surface area contributed by atoms with Crippen molar-refractivity contribution >= 4 is 40.6 Å². The zero-order valence-corrected chi connectivity index (χ0v) is 12.3. The van der Waals surface area contributed by atoms with Gasteiger partial charge in [-0.25, -0.2) is 9.97 Å². The molecule has 108 valence electrons. The van der Waals surface area contributed by atoms with Crippen molar-refractivity contribution in [3.8, 4) is 0 Å². The fraction of sp³-hybridized carbons (Fsp3) is 0.0833. The molecule has 0 fully saturated rings. The number of aromatic nitrogens is 2. The lowest BCUT2D eigenvalue weighted by Crippen LogP contribution is -2.05. The average Bonchev–Trinajstić information content (AvgIpc) is 2.40. The fourth-order valence-corrected chi connectivity index (χ4v) is 2.50. The van der Waals surface area contributed by atoms with Crippen LogP contribution in [0.25, 0.3) is 0 Å². The summed E-state index contributed by atoms with van der Waals surface area (Å²) < 4.78 is 0. The normalized spacial score (nSPS) is 10.2. The van der Waals surface area contributed by atoms with Crippen LogP contribution in [0.5, 0.6) is 0 Å². The number of nitrogens with one attached hydrogen (secondary N) is 1. The van der Waals surface area contributed by atoms with Crippen molar-refractivity contribution in [3.63, 3.8) is 0 Å². The summed E-state index contributed by atoms with van der Waals surface area (Å²) in [5.74, 6) is -0.173. The number of rotatable bonds is 4. The molecule has 7 nitrogen and oxygen atoms in total. The zero-order valence-electron chi connectivity index (χ0n) is 10.7. The van der Waals surface area contributed by atoms with Gasteiger partial charge < -0.3 is 5.32 Å². The molecule has 2 rings (SSSR count). The van der Waals surface area contributed by atoms with E-state index in [0.717, 1.165) is 22.9 Å². The molecule has 1 N–H and O–H groups in total. The summed E-state index contributed by atoms with van der Waals surface area (Å²) in [5.41, 5.74) is 0.428. The van der Waals surface area contributed by atoms with Gasteiger partial charge >= 0.3 is 5.69 Å². The second-order valence-electron chi connectivity index (χ2n) is 3.89. The molecule has 1 aromatic heterocycles. The van der Waals surface area contributed by atoms with Crippen LogP contribution in [-0.4, -0.2) is 20.8 Å². The van der Waals surface area contributed by atoms with Gasteiger partial charge in [0, 0.05) is 17.5 Å². The summed E-state index contributed by atoms with van der Waals surface area (Å²) in [6, 6.07) is 6.82. The van der Waals surface area contributed by atoms with Crippen molar-refractivity contribution in [3.05, 3.63) is 45.9 Å². The lowest BCUT2D eigenvalue weighted by Gasteiger charge is -2.04. The van der Waals surface area contributed by atoms with E-state index in [1.807, 2.05) is 0 Å². The quantitative estimate of drug-likeness (QED) is 0.401. The predicted octanol–water partition coefficient (Wildman–Crippen LogP) is 3.15. The van der Waals surface area contributed by atoms with Gasteiger partial charge in [0.25, 0.3) is 0 Å². The van der Waals surface area contributed by atoms with Crippen molar-refractivity contribution in [2.24, 2.45) is 0 Å². The van der Waals surface area contributed by atoms with E-state index in [-0.39, 0.29) is 21.9 Å². The van der Waals surface area contributed by atoms with Gasteiger partial charge in [0.15, 0.2) is 5.03 Å². The maximum absolute atomic E-state index is 10.9. The monoisotopic (exact) mass is 324 g/mol. The van der Waals surface area contributed by atoms with E-state index in [0.29, 0.717) is 5.69 Å². The third-order valence-electron chi connectivity index (χ3n) is 2.29. The predicted molar refractivity (Wildman–Crippen MR) is 78.6 cm³/mol. The largest absolute Gasteiger partial charge is 0.326 e. The Morgan fingerprint density at radius 3 is 2.62 bits per heavy atom.